The van der Waals surface area contributed by atoms with Gasteiger partial charge in [-0.05, 0) is 68.5 Å². The van der Waals surface area contributed by atoms with Gasteiger partial charge in [0.25, 0.3) is 5.91 Å². The average molecular weight is 479 g/mol. The number of fused-ring (bicyclic) bond motifs is 1. The molecule has 2 heterocycles. The van der Waals surface area contributed by atoms with Gasteiger partial charge in [-0.15, -0.1) is 0 Å². The van der Waals surface area contributed by atoms with Crippen molar-refractivity contribution >= 4 is 23.3 Å². The fourth-order valence-electron chi connectivity index (χ4n) is 4.68. The van der Waals surface area contributed by atoms with Gasteiger partial charge >= 0.3 is 5.97 Å². The molecule has 0 radical (unpaired) electrons. The van der Waals surface area contributed by atoms with Crippen molar-refractivity contribution in [3.8, 4) is 5.75 Å². The Morgan fingerprint density at radius 3 is 2.57 bits per heavy atom. The fraction of sp³-hybridized carbons (Fsp3) is 0.444. The second-order valence-electron chi connectivity index (χ2n) is 9.28. The lowest BCUT2D eigenvalue weighted by Crippen LogP contribution is -2.46. The number of nitrogens with zero attached hydrogens (tertiary/aromatic N) is 1. The van der Waals surface area contributed by atoms with Crippen molar-refractivity contribution in [3.63, 3.8) is 0 Å². The van der Waals surface area contributed by atoms with Crippen LogP contribution in [0.4, 0.5) is 5.69 Å². The quantitative estimate of drug-likeness (QED) is 0.368. The van der Waals surface area contributed by atoms with Crippen LogP contribution in [0.3, 0.4) is 0 Å². The van der Waals surface area contributed by atoms with E-state index < -0.39 is 24.0 Å². The lowest BCUT2D eigenvalue weighted by molar-refractivity contribution is -0.141. The van der Waals surface area contributed by atoms with E-state index in [1.54, 1.807) is 6.07 Å². The van der Waals surface area contributed by atoms with Crippen LogP contribution in [-0.4, -0.2) is 48.4 Å². The Morgan fingerprint density at radius 2 is 1.86 bits per heavy atom. The first kappa shape index (κ1) is 24.9. The van der Waals surface area contributed by atoms with Crippen LogP contribution < -0.4 is 21.1 Å². The second-order valence-corrected chi connectivity index (χ2v) is 9.28. The molecule has 1 amide bonds. The first-order valence-corrected chi connectivity index (χ1v) is 12.4. The number of amides is 1. The zero-order valence-electron chi connectivity index (χ0n) is 19.9. The molecule has 0 saturated carbocycles. The van der Waals surface area contributed by atoms with Gasteiger partial charge in [0.2, 0.25) is 0 Å². The Kier molecular flexibility index (Phi) is 8.50. The monoisotopic (exact) mass is 478 g/mol. The van der Waals surface area contributed by atoms with Gasteiger partial charge in [-0.25, -0.2) is 9.79 Å². The number of carbonyl (C=O) groups excluding carboxylic acids is 1. The smallest absolute Gasteiger partial charge is 0.326 e. The molecular formula is C27H34N4O4. The summed E-state index contributed by atoms with van der Waals surface area (Å²) >= 11 is 0. The molecule has 2 aliphatic heterocycles. The van der Waals surface area contributed by atoms with Gasteiger partial charge in [-0.3, -0.25) is 4.79 Å². The van der Waals surface area contributed by atoms with Crippen LogP contribution in [-0.2, 0) is 16.0 Å². The molecule has 35 heavy (non-hydrogen) atoms. The Hall–Kier alpha value is -3.23. The van der Waals surface area contributed by atoms with Gasteiger partial charge in [-0.2, -0.15) is 0 Å². The van der Waals surface area contributed by atoms with Gasteiger partial charge < -0.3 is 26.2 Å². The maximum absolute atomic E-state index is 12.7. The molecule has 1 fully saturated rings. The molecule has 2 aliphatic rings. The maximum atomic E-state index is 12.7. The number of hydrogen-bond acceptors (Lipinski definition) is 6. The molecule has 2 aromatic carbocycles. The van der Waals surface area contributed by atoms with E-state index in [1.807, 2.05) is 42.5 Å². The van der Waals surface area contributed by atoms with E-state index in [-0.39, 0.29) is 12.1 Å². The fourth-order valence-corrected chi connectivity index (χ4v) is 4.68. The molecular weight excluding hydrogens is 444 g/mol. The summed E-state index contributed by atoms with van der Waals surface area (Å²) < 4.78 is 5.85. The predicted molar refractivity (Wildman–Crippen MR) is 135 cm³/mol. The molecule has 0 aliphatic carbocycles. The third kappa shape index (κ3) is 6.68. The molecule has 5 N–H and O–H groups in total. The zero-order chi connectivity index (χ0) is 24.6. The second kappa shape index (κ2) is 12.0. The minimum absolute atomic E-state index is 0.126. The number of nitrogens with one attached hydrogen (secondary N) is 2. The lowest BCUT2D eigenvalue weighted by atomic mass is 9.93. The van der Waals surface area contributed by atoms with Crippen molar-refractivity contribution in [2.45, 2.75) is 50.6 Å². The van der Waals surface area contributed by atoms with Crippen molar-refractivity contribution in [2.24, 2.45) is 16.6 Å². The summed E-state index contributed by atoms with van der Waals surface area (Å²) in [5, 5.41) is 15.6. The van der Waals surface area contributed by atoms with Crippen LogP contribution in [0, 0.1) is 5.92 Å². The van der Waals surface area contributed by atoms with E-state index in [1.165, 1.54) is 25.7 Å². The van der Waals surface area contributed by atoms with Crippen LogP contribution in [0.15, 0.2) is 53.5 Å². The Bertz CT molecular complexity index is 1050. The number of aliphatic imine (C=N–C) groups is 1. The highest BCUT2D eigenvalue weighted by molar-refractivity contribution is 6.42. The number of ether oxygens (including phenoxy) is 1. The number of nitrogens with two attached hydrogens (primary N) is 1. The minimum atomic E-state index is -1.11. The van der Waals surface area contributed by atoms with E-state index in [4.69, 9.17) is 10.5 Å². The van der Waals surface area contributed by atoms with Gasteiger partial charge in [-0.1, -0.05) is 36.8 Å². The molecule has 2 aromatic rings. The molecule has 4 rings (SSSR count). The highest BCUT2D eigenvalue weighted by atomic mass is 16.5. The highest BCUT2D eigenvalue weighted by Gasteiger charge is 2.31. The third-order valence-corrected chi connectivity index (χ3v) is 6.74. The van der Waals surface area contributed by atoms with E-state index >= 15 is 0 Å². The molecule has 8 heteroatoms. The number of para-hydroxylation sites is 1. The van der Waals surface area contributed by atoms with Crippen LogP contribution >= 0.6 is 0 Å². The molecule has 186 valence electrons. The summed E-state index contributed by atoms with van der Waals surface area (Å²) in [5.41, 5.74) is 8.46. The highest BCUT2D eigenvalue weighted by Crippen LogP contribution is 2.32. The Labute approximate surface area is 206 Å². The first-order valence-electron chi connectivity index (χ1n) is 12.4. The summed E-state index contributed by atoms with van der Waals surface area (Å²) in [4.78, 5) is 28.9. The van der Waals surface area contributed by atoms with Gasteiger partial charge in [0, 0.05) is 12.0 Å². The van der Waals surface area contributed by atoms with E-state index in [0.717, 1.165) is 42.3 Å². The van der Waals surface area contributed by atoms with Crippen molar-refractivity contribution in [3.05, 3.63) is 59.7 Å². The standard InChI is InChI=1S/C27H34N4O4/c28-24-21-6-1-2-7-22(21)30-25(24)26(32)31-23(27(33)34)17-19-8-10-20(11-9-19)35-16-4-3-5-18-12-14-29-15-13-18/h1-2,6-11,18,23-24,29H,3-5,12-17,28H2,(H,31,32)(H,33,34)/t23-,24?/m0/s1. The van der Waals surface area contributed by atoms with Crippen molar-refractivity contribution < 1.29 is 19.4 Å². The molecule has 1 unspecified atom stereocenters. The molecule has 0 spiro atoms. The van der Waals surface area contributed by atoms with Crippen LogP contribution in [0.1, 0.15) is 49.3 Å². The molecule has 2 atom stereocenters. The predicted octanol–water partition coefficient (Wildman–Crippen LogP) is 3.13. The van der Waals surface area contributed by atoms with Gasteiger partial charge in [0.1, 0.15) is 17.5 Å². The number of piperidine rings is 1. The largest absolute Gasteiger partial charge is 0.494 e. The van der Waals surface area contributed by atoms with Gasteiger partial charge in [0.05, 0.1) is 18.3 Å². The summed E-state index contributed by atoms with van der Waals surface area (Å²) in [6.07, 6.45) is 6.14. The van der Waals surface area contributed by atoms with E-state index in [9.17, 15) is 14.7 Å². The van der Waals surface area contributed by atoms with E-state index in [0.29, 0.717) is 12.3 Å². The molecule has 0 aromatic heterocycles. The number of unbranched alkanes of at least 4 members (excludes halogenated alkanes) is 1. The molecule has 0 bridgehead atoms. The number of carboxylic acids is 1. The minimum Gasteiger partial charge on any atom is -0.494 e. The summed E-state index contributed by atoms with van der Waals surface area (Å²) in [6.45, 7) is 2.94. The Morgan fingerprint density at radius 1 is 1.11 bits per heavy atom. The maximum Gasteiger partial charge on any atom is 0.326 e. The number of aliphatic carboxylic acids is 1. The number of carbonyl (C=O) groups is 2. The van der Waals surface area contributed by atoms with Gasteiger partial charge in [0.15, 0.2) is 0 Å². The number of benzene rings is 2. The summed E-state index contributed by atoms with van der Waals surface area (Å²) in [5.74, 6) is -0.0803. The Balaban J connectivity index is 1.24. The van der Waals surface area contributed by atoms with Crippen molar-refractivity contribution in [1.29, 1.82) is 0 Å². The third-order valence-electron chi connectivity index (χ3n) is 6.74. The topological polar surface area (TPSA) is 126 Å². The van der Waals surface area contributed by atoms with Crippen molar-refractivity contribution in [2.75, 3.05) is 19.7 Å². The summed E-state index contributed by atoms with van der Waals surface area (Å²) in [7, 11) is 0. The molecule has 8 nitrogen and oxygen atoms in total. The number of carboxylic acid groups (broad SMARTS) is 1. The van der Waals surface area contributed by atoms with Crippen LogP contribution in [0.2, 0.25) is 0 Å². The average Bonchev–Trinajstić information content (AvgIpc) is 3.21. The zero-order valence-corrected chi connectivity index (χ0v) is 19.9. The van der Waals surface area contributed by atoms with Crippen LogP contribution in [0.5, 0.6) is 5.75 Å². The van der Waals surface area contributed by atoms with Crippen molar-refractivity contribution in [1.82, 2.24) is 10.6 Å². The normalized spacial score (nSPS) is 18.4. The lowest BCUT2D eigenvalue weighted by Gasteiger charge is -2.22. The first-order chi connectivity index (χ1) is 17.0. The number of hydrogen-bond donors (Lipinski definition) is 4. The molecule has 1 saturated heterocycles. The SMILES string of the molecule is NC1C(C(=O)N[C@@H](Cc2ccc(OCCCCC3CCNCC3)cc2)C(=O)O)=Nc2ccccc21. The number of rotatable bonds is 11. The summed E-state index contributed by atoms with van der Waals surface area (Å²) in [6, 6.07) is 12.8. The van der Waals surface area contributed by atoms with E-state index in [2.05, 4.69) is 15.6 Å². The van der Waals surface area contributed by atoms with Crippen LogP contribution in [0.25, 0.3) is 0 Å².